The summed E-state index contributed by atoms with van der Waals surface area (Å²) in [6, 6.07) is 38.1. The standard InChI is InChI=1S/C36H37N3O2/c1-37-26-32(29-17-9-11-19-33(29)37)31(30-18-10-12-20-34(30)41-2)25-35(40)38-21-23-39(24-22-38)36(27-13-5-3-6-14-27)28-15-7-4-8-16-28/h3-20,26,31,36H,21-25H2,1-2H3/t31-/m0/s1. The van der Waals surface area contributed by atoms with Crippen molar-refractivity contribution in [2.45, 2.75) is 18.4 Å². The van der Waals surface area contributed by atoms with Crippen molar-refractivity contribution in [3.8, 4) is 5.75 Å². The summed E-state index contributed by atoms with van der Waals surface area (Å²) in [5.41, 5.74) is 5.94. The van der Waals surface area contributed by atoms with Crippen molar-refractivity contribution in [1.82, 2.24) is 14.4 Å². The van der Waals surface area contributed by atoms with Crippen LogP contribution in [0.1, 0.15) is 40.6 Å². The second-order valence-corrected chi connectivity index (χ2v) is 10.9. The molecule has 1 aliphatic heterocycles. The summed E-state index contributed by atoms with van der Waals surface area (Å²) in [5, 5.41) is 1.18. The molecular formula is C36H37N3O2. The van der Waals surface area contributed by atoms with Crippen molar-refractivity contribution in [3.63, 3.8) is 0 Å². The number of aryl methyl sites for hydroxylation is 1. The molecule has 1 amide bonds. The molecule has 2 heterocycles. The number of hydrogen-bond acceptors (Lipinski definition) is 3. The van der Waals surface area contributed by atoms with E-state index in [1.54, 1.807) is 7.11 Å². The number of hydrogen-bond donors (Lipinski definition) is 0. The minimum Gasteiger partial charge on any atom is -0.496 e. The van der Waals surface area contributed by atoms with E-state index < -0.39 is 0 Å². The quantitative estimate of drug-likeness (QED) is 0.220. The summed E-state index contributed by atoms with van der Waals surface area (Å²) in [6.45, 7) is 3.08. The van der Waals surface area contributed by atoms with Crippen LogP contribution < -0.4 is 4.74 Å². The van der Waals surface area contributed by atoms with Crippen LogP contribution in [-0.2, 0) is 11.8 Å². The predicted octanol–water partition coefficient (Wildman–Crippen LogP) is 6.64. The molecule has 6 rings (SSSR count). The molecule has 208 valence electrons. The third-order valence-electron chi connectivity index (χ3n) is 8.46. The number of piperazine rings is 1. The molecule has 4 aromatic carbocycles. The maximum atomic E-state index is 14.0. The van der Waals surface area contributed by atoms with Gasteiger partial charge in [0.1, 0.15) is 5.75 Å². The predicted molar refractivity (Wildman–Crippen MR) is 165 cm³/mol. The third kappa shape index (κ3) is 5.50. The number of carbonyl (C=O) groups excluding carboxylic acids is 1. The van der Waals surface area contributed by atoms with Crippen LogP contribution in [0.3, 0.4) is 0 Å². The van der Waals surface area contributed by atoms with E-state index in [4.69, 9.17) is 4.74 Å². The Bertz CT molecular complexity index is 1560. The van der Waals surface area contributed by atoms with E-state index in [9.17, 15) is 4.79 Å². The number of rotatable bonds is 8. The first-order chi connectivity index (χ1) is 20.1. The Labute approximate surface area is 242 Å². The highest BCUT2D eigenvalue weighted by Gasteiger charge is 2.31. The Morgan fingerprint density at radius 1 is 0.732 bits per heavy atom. The molecule has 41 heavy (non-hydrogen) atoms. The molecule has 0 bridgehead atoms. The number of aromatic nitrogens is 1. The number of carbonyl (C=O) groups is 1. The number of amides is 1. The molecule has 1 aromatic heterocycles. The number of nitrogens with zero attached hydrogens (tertiary/aromatic N) is 3. The third-order valence-corrected chi connectivity index (χ3v) is 8.46. The van der Waals surface area contributed by atoms with Crippen LogP contribution >= 0.6 is 0 Å². The molecule has 0 saturated carbocycles. The molecule has 0 radical (unpaired) electrons. The smallest absolute Gasteiger partial charge is 0.223 e. The lowest BCUT2D eigenvalue weighted by Crippen LogP contribution is -2.50. The van der Waals surface area contributed by atoms with E-state index >= 15 is 0 Å². The van der Waals surface area contributed by atoms with Gasteiger partial charge < -0.3 is 14.2 Å². The summed E-state index contributed by atoms with van der Waals surface area (Å²) >= 11 is 0. The largest absolute Gasteiger partial charge is 0.496 e. The van der Waals surface area contributed by atoms with Crippen molar-refractivity contribution in [1.29, 1.82) is 0 Å². The lowest BCUT2D eigenvalue weighted by atomic mass is 9.87. The summed E-state index contributed by atoms with van der Waals surface area (Å²) in [6.07, 6.45) is 2.58. The first-order valence-corrected chi connectivity index (χ1v) is 14.4. The Morgan fingerprint density at radius 2 is 1.32 bits per heavy atom. The summed E-state index contributed by atoms with van der Waals surface area (Å²) in [7, 11) is 3.78. The average Bonchev–Trinajstić information content (AvgIpc) is 3.37. The summed E-state index contributed by atoms with van der Waals surface area (Å²) in [5.74, 6) is 0.894. The zero-order valence-electron chi connectivity index (χ0n) is 23.8. The van der Waals surface area contributed by atoms with E-state index in [-0.39, 0.29) is 17.9 Å². The molecule has 1 fully saturated rings. The van der Waals surface area contributed by atoms with Gasteiger partial charge in [0.15, 0.2) is 0 Å². The number of para-hydroxylation sites is 2. The van der Waals surface area contributed by atoms with Crippen LogP contribution in [0.25, 0.3) is 10.9 Å². The van der Waals surface area contributed by atoms with E-state index in [1.165, 1.54) is 16.5 Å². The Kier molecular flexibility index (Phi) is 7.88. The van der Waals surface area contributed by atoms with Gasteiger partial charge in [-0.05, 0) is 28.8 Å². The van der Waals surface area contributed by atoms with Gasteiger partial charge in [-0.1, -0.05) is 97.1 Å². The number of methoxy groups -OCH3 is 1. The zero-order chi connectivity index (χ0) is 28.2. The van der Waals surface area contributed by atoms with Gasteiger partial charge in [-0.25, -0.2) is 0 Å². The van der Waals surface area contributed by atoms with Crippen LogP contribution in [0.2, 0.25) is 0 Å². The molecule has 0 aliphatic carbocycles. The van der Waals surface area contributed by atoms with Gasteiger partial charge in [0.05, 0.1) is 13.2 Å². The molecule has 1 aliphatic rings. The topological polar surface area (TPSA) is 37.7 Å². The van der Waals surface area contributed by atoms with Crippen LogP contribution in [0.5, 0.6) is 5.75 Å². The van der Waals surface area contributed by atoms with E-state index in [1.807, 2.05) is 18.2 Å². The highest BCUT2D eigenvalue weighted by Crippen LogP contribution is 2.39. The van der Waals surface area contributed by atoms with Gasteiger partial charge in [0, 0.05) is 68.2 Å². The Hall–Kier alpha value is -4.35. The molecule has 0 unspecified atom stereocenters. The molecule has 0 spiro atoms. The zero-order valence-corrected chi connectivity index (χ0v) is 23.8. The second kappa shape index (κ2) is 12.0. The van der Waals surface area contributed by atoms with Crippen molar-refractivity contribution >= 4 is 16.8 Å². The highest BCUT2D eigenvalue weighted by molar-refractivity contribution is 5.87. The Balaban J connectivity index is 1.25. The van der Waals surface area contributed by atoms with Crippen molar-refractivity contribution in [2.75, 3.05) is 33.3 Å². The molecule has 5 heteroatoms. The van der Waals surface area contributed by atoms with E-state index in [2.05, 4.69) is 119 Å². The molecule has 1 atom stereocenters. The van der Waals surface area contributed by atoms with Crippen molar-refractivity contribution < 1.29 is 9.53 Å². The van der Waals surface area contributed by atoms with Gasteiger partial charge in [-0.3, -0.25) is 9.69 Å². The van der Waals surface area contributed by atoms with E-state index in [0.717, 1.165) is 35.5 Å². The minimum atomic E-state index is -0.107. The summed E-state index contributed by atoms with van der Waals surface area (Å²) in [4.78, 5) is 18.5. The van der Waals surface area contributed by atoms with Gasteiger partial charge >= 0.3 is 0 Å². The van der Waals surface area contributed by atoms with Crippen molar-refractivity contribution in [3.05, 3.63) is 138 Å². The average molecular weight is 544 g/mol. The number of fused-ring (bicyclic) bond motifs is 1. The lowest BCUT2D eigenvalue weighted by molar-refractivity contribution is -0.133. The molecule has 0 N–H and O–H groups in total. The van der Waals surface area contributed by atoms with Gasteiger partial charge in [-0.2, -0.15) is 0 Å². The normalized spacial score (nSPS) is 14.9. The fourth-order valence-electron chi connectivity index (χ4n) is 6.41. The second-order valence-electron chi connectivity index (χ2n) is 10.9. The first-order valence-electron chi connectivity index (χ1n) is 14.4. The molecule has 5 aromatic rings. The fourth-order valence-corrected chi connectivity index (χ4v) is 6.41. The molecule has 5 nitrogen and oxygen atoms in total. The SMILES string of the molecule is COc1ccccc1[C@H](CC(=O)N1CCN(C(c2ccccc2)c2ccccc2)CC1)c1cn(C)c2ccccc12. The van der Waals surface area contributed by atoms with Crippen LogP contribution in [-0.4, -0.2) is 53.6 Å². The monoisotopic (exact) mass is 543 g/mol. The molecular weight excluding hydrogens is 506 g/mol. The summed E-state index contributed by atoms with van der Waals surface area (Å²) < 4.78 is 7.94. The van der Waals surface area contributed by atoms with Gasteiger partial charge in [0.25, 0.3) is 0 Å². The lowest BCUT2D eigenvalue weighted by Gasteiger charge is -2.40. The number of ether oxygens (including phenoxy) is 1. The maximum Gasteiger partial charge on any atom is 0.223 e. The van der Waals surface area contributed by atoms with Crippen LogP contribution in [0.4, 0.5) is 0 Å². The van der Waals surface area contributed by atoms with Crippen molar-refractivity contribution in [2.24, 2.45) is 7.05 Å². The van der Waals surface area contributed by atoms with E-state index in [0.29, 0.717) is 19.5 Å². The van der Waals surface area contributed by atoms with Gasteiger partial charge in [0.2, 0.25) is 5.91 Å². The molecule has 1 saturated heterocycles. The number of benzene rings is 4. The van der Waals surface area contributed by atoms with Crippen LogP contribution in [0.15, 0.2) is 115 Å². The Morgan fingerprint density at radius 3 is 1.98 bits per heavy atom. The highest BCUT2D eigenvalue weighted by atomic mass is 16.5. The maximum absolute atomic E-state index is 14.0. The minimum absolute atomic E-state index is 0.107. The van der Waals surface area contributed by atoms with Gasteiger partial charge in [-0.15, -0.1) is 0 Å². The van der Waals surface area contributed by atoms with Crippen LogP contribution in [0, 0.1) is 0 Å². The first kappa shape index (κ1) is 26.9. The fraction of sp³-hybridized carbons (Fsp3) is 0.250.